The number of halogens is 2. The van der Waals surface area contributed by atoms with Crippen molar-refractivity contribution >= 4 is 66.4 Å². The number of carbonyl (C=O) groups is 2. The minimum atomic E-state index is -0.878. The molecule has 39 heavy (non-hydrogen) atoms. The first kappa shape index (κ1) is 31.2. The number of likely N-dealkylation sites (tertiary alicyclic amines) is 1. The zero-order valence-corrected chi connectivity index (χ0v) is 28.7. The molecule has 1 amide bonds. The highest BCUT2D eigenvalue weighted by atomic mass is 79.9. The number of amides is 1. The lowest BCUT2D eigenvalue weighted by Gasteiger charge is -2.39. The largest absolute Gasteiger partial charge is 0.478 e. The number of thiophene rings is 2. The average Bonchev–Trinajstić information content (AvgIpc) is 3.53. The van der Waals surface area contributed by atoms with Gasteiger partial charge < -0.3 is 15.3 Å². The van der Waals surface area contributed by atoms with Gasteiger partial charge in [-0.25, -0.2) is 4.79 Å². The van der Waals surface area contributed by atoms with Crippen molar-refractivity contribution in [3.05, 3.63) is 41.6 Å². The zero-order valence-electron chi connectivity index (χ0n) is 23.9. The predicted molar refractivity (Wildman–Crippen MR) is 169 cm³/mol. The van der Waals surface area contributed by atoms with Crippen LogP contribution in [-0.4, -0.2) is 47.1 Å². The van der Waals surface area contributed by atoms with Crippen molar-refractivity contribution < 1.29 is 14.7 Å². The highest BCUT2D eigenvalue weighted by molar-refractivity contribution is 9.11. The van der Waals surface area contributed by atoms with Gasteiger partial charge in [0.05, 0.1) is 18.7 Å². The summed E-state index contributed by atoms with van der Waals surface area (Å²) in [5, 5.41) is 15.5. The standard InChI is InChI=1S/C15H20BrNOS.C10H19N.C5H3BrO2S/c1-14(2)5-11-6-15(3,8-14)9-17(11)13(18)10-4-12(16)19-7-10;1-9(2)4-8-5-10(3,6-9)7-11-8;6-4-1-3(2-9-4)5(7)8/h4,7,11H,5-6,8-9H2,1-3H3;8,11H,4-7H2,1-3H3;1-2H,(H,7,8). The van der Waals surface area contributed by atoms with Gasteiger partial charge in [-0.1, -0.05) is 41.5 Å². The minimum Gasteiger partial charge on any atom is -0.478 e. The Morgan fingerprint density at radius 2 is 1.44 bits per heavy atom. The van der Waals surface area contributed by atoms with Crippen LogP contribution in [0.1, 0.15) is 101 Å². The van der Waals surface area contributed by atoms with Gasteiger partial charge in [0.25, 0.3) is 5.91 Å². The fourth-order valence-electron chi connectivity index (χ4n) is 8.01. The Balaban J connectivity index is 0.000000149. The lowest BCUT2D eigenvalue weighted by atomic mass is 9.65. The number of carboxylic acid groups (broad SMARTS) is 1. The van der Waals surface area contributed by atoms with E-state index >= 15 is 0 Å². The first-order valence-electron chi connectivity index (χ1n) is 13.7. The summed E-state index contributed by atoms with van der Waals surface area (Å²) < 4.78 is 1.88. The van der Waals surface area contributed by atoms with Crippen LogP contribution in [0, 0.1) is 21.7 Å². The van der Waals surface area contributed by atoms with E-state index in [9.17, 15) is 9.59 Å². The van der Waals surface area contributed by atoms with Crippen LogP contribution in [0.25, 0.3) is 0 Å². The Labute approximate surface area is 258 Å². The minimum absolute atomic E-state index is 0.216. The average molecular weight is 703 g/mol. The number of hydrogen-bond acceptors (Lipinski definition) is 5. The van der Waals surface area contributed by atoms with Crippen LogP contribution in [0.5, 0.6) is 0 Å². The van der Waals surface area contributed by atoms with E-state index in [1.54, 1.807) is 22.8 Å². The fraction of sp³-hybridized carbons (Fsp3) is 0.667. The first-order valence-corrected chi connectivity index (χ1v) is 17.1. The zero-order chi connectivity index (χ0) is 28.8. The SMILES string of the molecule is CC1(C)CC2CC(C)(CN2)C1.CC1(C)CC2CC(C)(CN2C(=O)c2csc(Br)c2)C1.O=C(O)c1csc(Br)c1. The van der Waals surface area contributed by atoms with Crippen molar-refractivity contribution in [1.29, 1.82) is 0 Å². The topological polar surface area (TPSA) is 69.6 Å². The number of carboxylic acids is 1. The van der Waals surface area contributed by atoms with E-state index in [1.165, 1.54) is 50.0 Å². The van der Waals surface area contributed by atoms with Gasteiger partial charge in [-0.3, -0.25) is 4.79 Å². The summed E-state index contributed by atoms with van der Waals surface area (Å²) >= 11 is 9.55. The van der Waals surface area contributed by atoms with Crippen molar-refractivity contribution in [2.75, 3.05) is 13.1 Å². The van der Waals surface area contributed by atoms with Gasteiger partial charge in [0.2, 0.25) is 0 Å². The molecule has 2 aromatic heterocycles. The van der Waals surface area contributed by atoms with Crippen LogP contribution in [0.15, 0.2) is 30.5 Å². The molecule has 4 heterocycles. The molecule has 4 aliphatic rings. The van der Waals surface area contributed by atoms with E-state index in [1.807, 2.05) is 11.4 Å². The second-order valence-electron chi connectivity index (χ2n) is 14.4. The van der Waals surface area contributed by atoms with Gasteiger partial charge in [0.15, 0.2) is 0 Å². The molecule has 4 unspecified atom stereocenters. The molecule has 4 bridgehead atoms. The van der Waals surface area contributed by atoms with Gasteiger partial charge in [-0.2, -0.15) is 0 Å². The van der Waals surface area contributed by atoms with E-state index in [0.717, 1.165) is 32.1 Å². The third-order valence-corrected chi connectivity index (χ3v) is 11.6. The van der Waals surface area contributed by atoms with Crippen molar-refractivity contribution in [2.24, 2.45) is 21.7 Å². The number of nitrogens with one attached hydrogen (secondary N) is 1. The normalized spacial score (nSPS) is 31.5. The first-order chi connectivity index (χ1) is 18.0. The molecular formula is C30H42Br2N2O3S2. The van der Waals surface area contributed by atoms with Crippen LogP contribution in [-0.2, 0) is 0 Å². The molecule has 0 radical (unpaired) electrons. The van der Waals surface area contributed by atoms with Gasteiger partial charge in [-0.15, -0.1) is 22.7 Å². The number of fused-ring (bicyclic) bond motifs is 4. The van der Waals surface area contributed by atoms with Crippen LogP contribution in [0.2, 0.25) is 0 Å². The van der Waals surface area contributed by atoms with E-state index in [2.05, 4.69) is 83.6 Å². The summed E-state index contributed by atoms with van der Waals surface area (Å²) in [6.07, 6.45) is 7.74. The molecule has 4 atom stereocenters. The summed E-state index contributed by atoms with van der Waals surface area (Å²) in [6, 6.07) is 4.78. The smallest absolute Gasteiger partial charge is 0.336 e. The molecule has 5 nitrogen and oxygen atoms in total. The molecule has 2 saturated heterocycles. The van der Waals surface area contributed by atoms with E-state index in [0.29, 0.717) is 33.3 Å². The van der Waals surface area contributed by atoms with Gasteiger partial charge in [-0.05, 0) is 104 Å². The number of carbonyl (C=O) groups excluding carboxylic acids is 1. The quantitative estimate of drug-likeness (QED) is 0.328. The molecule has 2 aromatic rings. The lowest BCUT2D eigenvalue weighted by Crippen LogP contribution is -2.37. The maximum absolute atomic E-state index is 12.7. The monoisotopic (exact) mass is 700 g/mol. The van der Waals surface area contributed by atoms with E-state index < -0.39 is 5.97 Å². The molecule has 2 aliphatic heterocycles. The molecule has 0 aromatic carbocycles. The van der Waals surface area contributed by atoms with Crippen LogP contribution in [0.3, 0.4) is 0 Å². The summed E-state index contributed by atoms with van der Waals surface area (Å²) in [4.78, 5) is 25.0. The predicted octanol–water partition coefficient (Wildman–Crippen LogP) is 8.93. The maximum atomic E-state index is 12.7. The summed E-state index contributed by atoms with van der Waals surface area (Å²) in [6.45, 7) is 16.4. The number of aromatic carboxylic acids is 1. The molecule has 2 aliphatic carbocycles. The molecular weight excluding hydrogens is 660 g/mol. The fourth-order valence-corrected chi connectivity index (χ4v) is 10.3. The summed E-state index contributed by atoms with van der Waals surface area (Å²) in [5.74, 6) is -0.662. The van der Waals surface area contributed by atoms with Crippen molar-refractivity contribution in [2.45, 2.75) is 92.2 Å². The molecule has 216 valence electrons. The van der Waals surface area contributed by atoms with Crippen molar-refractivity contribution in [3.8, 4) is 0 Å². The van der Waals surface area contributed by atoms with E-state index in [4.69, 9.17) is 5.11 Å². The lowest BCUT2D eigenvalue weighted by molar-refractivity contribution is 0.0691. The van der Waals surface area contributed by atoms with Gasteiger partial charge in [0.1, 0.15) is 0 Å². The Bertz CT molecular complexity index is 1210. The van der Waals surface area contributed by atoms with Gasteiger partial charge in [0, 0.05) is 35.9 Å². The van der Waals surface area contributed by atoms with Gasteiger partial charge >= 0.3 is 5.97 Å². The van der Waals surface area contributed by atoms with Crippen molar-refractivity contribution in [3.63, 3.8) is 0 Å². The van der Waals surface area contributed by atoms with Crippen LogP contribution >= 0.6 is 54.5 Å². The molecule has 9 heteroatoms. The molecule has 0 spiro atoms. The number of nitrogens with zero attached hydrogens (tertiary/aromatic N) is 1. The molecule has 2 saturated carbocycles. The third kappa shape index (κ3) is 7.97. The molecule has 6 rings (SSSR count). The highest BCUT2D eigenvalue weighted by Gasteiger charge is 2.51. The Morgan fingerprint density at radius 1 is 0.872 bits per heavy atom. The second kappa shape index (κ2) is 11.5. The van der Waals surface area contributed by atoms with E-state index in [-0.39, 0.29) is 5.91 Å². The Hall–Kier alpha value is -0.740. The third-order valence-electron chi connectivity index (χ3n) is 8.57. The van der Waals surface area contributed by atoms with Crippen molar-refractivity contribution in [1.82, 2.24) is 10.2 Å². The summed E-state index contributed by atoms with van der Waals surface area (Å²) in [5.41, 5.74) is 3.06. The highest BCUT2D eigenvalue weighted by Crippen LogP contribution is 2.53. The molecule has 4 fully saturated rings. The number of hydrogen-bond donors (Lipinski definition) is 2. The Kier molecular flexibility index (Phi) is 9.20. The second-order valence-corrected chi connectivity index (χ2v) is 18.9. The number of rotatable bonds is 2. The molecule has 2 N–H and O–H groups in total. The summed E-state index contributed by atoms with van der Waals surface area (Å²) in [7, 11) is 0. The maximum Gasteiger partial charge on any atom is 0.336 e. The van der Waals surface area contributed by atoms with Crippen LogP contribution in [0.4, 0.5) is 0 Å². The van der Waals surface area contributed by atoms with Crippen LogP contribution < -0.4 is 5.32 Å². The Morgan fingerprint density at radius 3 is 1.95 bits per heavy atom.